The van der Waals surface area contributed by atoms with Gasteiger partial charge in [0, 0.05) is 25.2 Å². The molecule has 0 saturated carbocycles. The quantitative estimate of drug-likeness (QED) is 0.650. The van der Waals surface area contributed by atoms with Gasteiger partial charge in [-0.15, -0.1) is 0 Å². The summed E-state index contributed by atoms with van der Waals surface area (Å²) in [4.78, 5) is 9.38. The molecule has 1 aromatic rings. The maximum atomic E-state index is 13.8. The fourth-order valence-corrected chi connectivity index (χ4v) is 4.59. The molecule has 2 heterocycles. The van der Waals surface area contributed by atoms with Gasteiger partial charge in [0.05, 0.1) is 4.92 Å². The third-order valence-electron chi connectivity index (χ3n) is 4.10. The van der Waals surface area contributed by atoms with Crippen LogP contribution in [0.1, 0.15) is 0 Å². The van der Waals surface area contributed by atoms with Crippen molar-refractivity contribution in [2.24, 2.45) is 11.8 Å². The number of sulfonamides is 1. The van der Waals surface area contributed by atoms with Gasteiger partial charge < -0.3 is 5.32 Å². The summed E-state index contributed by atoms with van der Waals surface area (Å²) in [5.41, 5.74) is -0.434. The maximum absolute atomic E-state index is 13.8. The molecule has 1 N–H and O–H groups in total. The van der Waals surface area contributed by atoms with Gasteiger partial charge in [-0.05, 0) is 31.0 Å². The molecule has 3 rings (SSSR count). The minimum Gasteiger partial charge on any atom is -0.316 e. The van der Waals surface area contributed by atoms with Gasteiger partial charge in [0.15, 0.2) is 0 Å². The highest BCUT2D eigenvalue weighted by atomic mass is 32.2. The first kappa shape index (κ1) is 14.4. The molecule has 0 aliphatic carbocycles. The number of non-ortho nitro benzene ring substituents is 1. The first-order valence-electron chi connectivity index (χ1n) is 6.54. The van der Waals surface area contributed by atoms with Gasteiger partial charge in [-0.3, -0.25) is 10.1 Å². The van der Waals surface area contributed by atoms with Crippen LogP contribution >= 0.6 is 0 Å². The van der Waals surface area contributed by atoms with Crippen molar-refractivity contribution in [2.75, 3.05) is 26.2 Å². The largest absolute Gasteiger partial charge is 0.316 e. The fourth-order valence-electron chi connectivity index (χ4n) is 2.95. The van der Waals surface area contributed by atoms with Crippen LogP contribution in [0.15, 0.2) is 23.1 Å². The van der Waals surface area contributed by atoms with E-state index in [0.717, 1.165) is 31.3 Å². The van der Waals surface area contributed by atoms with E-state index in [0.29, 0.717) is 13.1 Å². The summed E-state index contributed by atoms with van der Waals surface area (Å²) in [6.07, 6.45) is 0. The van der Waals surface area contributed by atoms with E-state index >= 15 is 0 Å². The third kappa shape index (κ3) is 2.41. The number of nitrogens with one attached hydrogen (secondary N) is 1. The van der Waals surface area contributed by atoms with Crippen molar-refractivity contribution in [3.63, 3.8) is 0 Å². The van der Waals surface area contributed by atoms with Crippen LogP contribution in [-0.4, -0.2) is 43.8 Å². The van der Waals surface area contributed by atoms with Gasteiger partial charge in [0.1, 0.15) is 10.7 Å². The van der Waals surface area contributed by atoms with Crippen LogP contribution in [0.2, 0.25) is 0 Å². The second-order valence-electron chi connectivity index (χ2n) is 5.37. The van der Waals surface area contributed by atoms with Gasteiger partial charge in [-0.25, -0.2) is 12.8 Å². The summed E-state index contributed by atoms with van der Waals surface area (Å²) >= 11 is 0. The van der Waals surface area contributed by atoms with Gasteiger partial charge in [0.25, 0.3) is 5.69 Å². The molecule has 0 spiro atoms. The molecule has 0 bridgehead atoms. The highest BCUT2D eigenvalue weighted by Crippen LogP contribution is 2.32. The lowest BCUT2D eigenvalue weighted by Gasteiger charge is -2.17. The van der Waals surface area contributed by atoms with Gasteiger partial charge in [-0.1, -0.05) is 0 Å². The maximum Gasteiger partial charge on any atom is 0.270 e. The first-order chi connectivity index (χ1) is 9.89. The Kier molecular flexibility index (Phi) is 3.42. The average Bonchev–Trinajstić information content (AvgIpc) is 2.99. The van der Waals surface area contributed by atoms with E-state index in [2.05, 4.69) is 5.32 Å². The molecule has 114 valence electrons. The monoisotopic (exact) mass is 315 g/mol. The van der Waals surface area contributed by atoms with Gasteiger partial charge in [0.2, 0.25) is 10.0 Å². The second-order valence-corrected chi connectivity index (χ2v) is 7.28. The van der Waals surface area contributed by atoms with E-state index < -0.39 is 31.3 Å². The molecule has 21 heavy (non-hydrogen) atoms. The van der Waals surface area contributed by atoms with E-state index in [1.54, 1.807) is 0 Å². The first-order valence-corrected chi connectivity index (χ1v) is 7.98. The lowest BCUT2D eigenvalue weighted by atomic mass is 10.0. The van der Waals surface area contributed by atoms with Crippen LogP contribution in [0.4, 0.5) is 10.1 Å². The smallest absolute Gasteiger partial charge is 0.270 e. The number of nitro benzene ring substituents is 1. The van der Waals surface area contributed by atoms with Crippen molar-refractivity contribution in [3.8, 4) is 0 Å². The van der Waals surface area contributed by atoms with E-state index in [1.165, 1.54) is 4.31 Å². The highest BCUT2D eigenvalue weighted by Gasteiger charge is 2.42. The number of halogens is 1. The molecule has 0 radical (unpaired) electrons. The SMILES string of the molecule is O=[N+]([O-])c1ccc(F)c(S(=O)(=O)N2C[C@H]3CNC[C@H]3C2)c1. The van der Waals surface area contributed by atoms with Crippen molar-refractivity contribution in [1.29, 1.82) is 0 Å². The number of hydrogen-bond donors (Lipinski definition) is 1. The zero-order valence-electron chi connectivity index (χ0n) is 11.0. The number of hydrogen-bond acceptors (Lipinski definition) is 5. The van der Waals surface area contributed by atoms with Crippen molar-refractivity contribution >= 4 is 15.7 Å². The molecule has 2 aliphatic rings. The molecule has 9 heteroatoms. The molecule has 2 fully saturated rings. The van der Waals surface area contributed by atoms with Crippen LogP contribution < -0.4 is 5.32 Å². The lowest BCUT2D eigenvalue weighted by Crippen LogP contribution is -2.32. The molecule has 7 nitrogen and oxygen atoms in total. The van der Waals surface area contributed by atoms with Crippen LogP contribution in [0, 0.1) is 27.8 Å². The highest BCUT2D eigenvalue weighted by molar-refractivity contribution is 7.89. The van der Waals surface area contributed by atoms with Crippen molar-refractivity contribution in [3.05, 3.63) is 34.1 Å². The lowest BCUT2D eigenvalue weighted by molar-refractivity contribution is -0.385. The Bertz CT molecular complexity index is 682. The Labute approximate surface area is 120 Å². The van der Waals surface area contributed by atoms with Crippen molar-refractivity contribution < 1.29 is 17.7 Å². The minimum atomic E-state index is -4.04. The average molecular weight is 315 g/mol. The Balaban J connectivity index is 1.95. The summed E-state index contributed by atoms with van der Waals surface area (Å²) in [5.74, 6) is -0.515. The van der Waals surface area contributed by atoms with Gasteiger partial charge in [-0.2, -0.15) is 4.31 Å². The van der Waals surface area contributed by atoms with Gasteiger partial charge >= 0.3 is 0 Å². The summed E-state index contributed by atoms with van der Waals surface area (Å²) in [6.45, 7) is 2.13. The van der Waals surface area contributed by atoms with Crippen LogP contribution in [-0.2, 0) is 10.0 Å². The summed E-state index contributed by atoms with van der Waals surface area (Å²) in [5, 5.41) is 13.9. The zero-order valence-corrected chi connectivity index (χ0v) is 11.8. The van der Waals surface area contributed by atoms with E-state index in [-0.39, 0.29) is 11.8 Å². The Hall–Kier alpha value is -1.58. The van der Waals surface area contributed by atoms with Crippen molar-refractivity contribution in [2.45, 2.75) is 4.90 Å². The molecular formula is C12H14FN3O4S. The van der Waals surface area contributed by atoms with Crippen LogP contribution in [0.5, 0.6) is 0 Å². The summed E-state index contributed by atoms with van der Waals surface area (Å²) < 4.78 is 40.1. The molecule has 0 unspecified atom stereocenters. The normalized spacial score (nSPS) is 26.0. The van der Waals surface area contributed by atoms with E-state index in [1.807, 2.05) is 0 Å². The van der Waals surface area contributed by atoms with Crippen molar-refractivity contribution in [1.82, 2.24) is 9.62 Å². The Morgan fingerprint density at radius 1 is 1.29 bits per heavy atom. The molecule has 2 atom stereocenters. The standard InChI is InChI=1S/C12H14FN3O4S/c13-11-2-1-10(16(17)18)3-12(11)21(19,20)15-6-8-4-14-5-9(8)7-15/h1-3,8-9,14H,4-7H2/t8-,9+. The molecule has 2 aliphatic heterocycles. The van der Waals surface area contributed by atoms with E-state index in [4.69, 9.17) is 0 Å². The molecule has 2 saturated heterocycles. The summed E-state index contributed by atoms with van der Waals surface area (Å²) in [7, 11) is -4.04. The number of nitrogens with zero attached hydrogens (tertiary/aromatic N) is 2. The van der Waals surface area contributed by atoms with E-state index in [9.17, 15) is 22.9 Å². The molecule has 1 aromatic carbocycles. The van der Waals surface area contributed by atoms with Crippen LogP contribution in [0.3, 0.4) is 0 Å². The fraction of sp³-hybridized carbons (Fsp3) is 0.500. The zero-order chi connectivity index (χ0) is 15.2. The number of benzene rings is 1. The predicted molar refractivity (Wildman–Crippen MR) is 71.7 cm³/mol. The Morgan fingerprint density at radius 2 is 1.90 bits per heavy atom. The number of fused-ring (bicyclic) bond motifs is 1. The van der Waals surface area contributed by atoms with Crippen LogP contribution in [0.25, 0.3) is 0 Å². The third-order valence-corrected chi connectivity index (χ3v) is 5.95. The number of nitro groups is 1. The Morgan fingerprint density at radius 3 is 2.48 bits per heavy atom. The molecule has 0 aromatic heterocycles. The summed E-state index contributed by atoms with van der Waals surface area (Å²) in [6, 6.07) is 2.57. The minimum absolute atomic E-state index is 0.224. The molecule has 0 amide bonds. The number of rotatable bonds is 3. The predicted octanol–water partition coefficient (Wildman–Crippen LogP) is 0.574. The second kappa shape index (κ2) is 5.00. The molecular weight excluding hydrogens is 301 g/mol. The topological polar surface area (TPSA) is 92.5 Å².